The van der Waals surface area contributed by atoms with E-state index in [0.717, 1.165) is 60.1 Å². The molecular formula is C19H25N3O3S. The van der Waals surface area contributed by atoms with Crippen LogP contribution in [0.25, 0.3) is 10.2 Å². The molecule has 6 nitrogen and oxygen atoms in total. The molecule has 1 aromatic heterocycles. The maximum absolute atomic E-state index is 12.4. The Bertz CT molecular complexity index is 764. The lowest BCUT2D eigenvalue weighted by molar-refractivity contribution is -0.136. The molecule has 26 heavy (non-hydrogen) atoms. The van der Waals surface area contributed by atoms with E-state index in [0.29, 0.717) is 25.6 Å². The lowest BCUT2D eigenvalue weighted by Gasteiger charge is -2.33. The van der Waals surface area contributed by atoms with Gasteiger partial charge in [0, 0.05) is 32.6 Å². The van der Waals surface area contributed by atoms with Crippen LogP contribution in [0.5, 0.6) is 5.75 Å². The first-order chi connectivity index (χ1) is 12.7. The zero-order valence-corrected chi connectivity index (χ0v) is 16.0. The highest BCUT2D eigenvalue weighted by Gasteiger charge is 2.26. The lowest BCUT2D eigenvalue weighted by atomic mass is 9.93. The maximum atomic E-state index is 12.4. The Balaban J connectivity index is 1.35. The molecule has 2 aromatic rings. The Hall–Kier alpha value is -1.86. The first-order valence-corrected chi connectivity index (χ1v) is 10.1. The molecule has 2 aliphatic heterocycles. The van der Waals surface area contributed by atoms with E-state index in [-0.39, 0.29) is 5.91 Å². The van der Waals surface area contributed by atoms with Gasteiger partial charge in [-0.05, 0) is 30.9 Å². The Morgan fingerprint density at radius 1 is 1.27 bits per heavy atom. The van der Waals surface area contributed by atoms with Crippen LogP contribution in [0.15, 0.2) is 18.2 Å². The molecule has 0 radical (unpaired) electrons. The third-order valence-electron chi connectivity index (χ3n) is 5.30. The molecule has 2 fully saturated rings. The van der Waals surface area contributed by atoms with Crippen molar-refractivity contribution in [2.45, 2.75) is 19.3 Å². The molecule has 0 spiro atoms. The number of anilines is 1. The summed E-state index contributed by atoms with van der Waals surface area (Å²) >= 11 is 1.72. The number of amides is 1. The SMILES string of the molecule is COc1cccc2sc(N3CCC(CC(=O)N4CCOCC4)CC3)nc12. The highest BCUT2D eigenvalue weighted by atomic mass is 32.1. The summed E-state index contributed by atoms with van der Waals surface area (Å²) in [6.07, 6.45) is 2.76. The fourth-order valence-corrected chi connectivity index (χ4v) is 4.76. The number of carbonyl (C=O) groups excluding carboxylic acids is 1. The number of ether oxygens (including phenoxy) is 2. The topological polar surface area (TPSA) is 54.9 Å². The summed E-state index contributed by atoms with van der Waals surface area (Å²) < 4.78 is 11.9. The summed E-state index contributed by atoms with van der Waals surface area (Å²) in [4.78, 5) is 21.5. The average Bonchev–Trinajstić information content (AvgIpc) is 3.13. The van der Waals surface area contributed by atoms with Gasteiger partial charge in [0.1, 0.15) is 11.3 Å². The number of fused-ring (bicyclic) bond motifs is 1. The summed E-state index contributed by atoms with van der Waals surface area (Å²) in [5.74, 6) is 1.60. The van der Waals surface area contributed by atoms with Crippen molar-refractivity contribution in [1.82, 2.24) is 9.88 Å². The third kappa shape index (κ3) is 3.64. The van der Waals surface area contributed by atoms with Gasteiger partial charge in [0.2, 0.25) is 5.91 Å². The van der Waals surface area contributed by atoms with Crippen LogP contribution in [-0.2, 0) is 9.53 Å². The van der Waals surface area contributed by atoms with Crippen LogP contribution in [0, 0.1) is 5.92 Å². The monoisotopic (exact) mass is 375 g/mol. The van der Waals surface area contributed by atoms with E-state index in [4.69, 9.17) is 14.5 Å². The van der Waals surface area contributed by atoms with E-state index in [1.54, 1.807) is 18.4 Å². The Morgan fingerprint density at radius 2 is 2.04 bits per heavy atom. The number of nitrogens with zero attached hydrogens (tertiary/aromatic N) is 3. The molecule has 0 unspecified atom stereocenters. The molecule has 0 N–H and O–H groups in total. The van der Waals surface area contributed by atoms with Crippen molar-refractivity contribution in [2.24, 2.45) is 5.92 Å². The summed E-state index contributed by atoms with van der Waals surface area (Å²) in [5, 5.41) is 1.06. The van der Waals surface area contributed by atoms with Gasteiger partial charge in [0.15, 0.2) is 5.13 Å². The van der Waals surface area contributed by atoms with Gasteiger partial charge in [0.25, 0.3) is 0 Å². The van der Waals surface area contributed by atoms with Gasteiger partial charge in [-0.2, -0.15) is 0 Å². The van der Waals surface area contributed by atoms with Gasteiger partial charge in [-0.15, -0.1) is 0 Å². The summed E-state index contributed by atoms with van der Waals surface area (Å²) in [5.41, 5.74) is 0.944. The normalized spacial score (nSPS) is 19.1. The first kappa shape index (κ1) is 17.5. The maximum Gasteiger partial charge on any atom is 0.223 e. The van der Waals surface area contributed by atoms with E-state index in [2.05, 4.69) is 11.0 Å². The van der Waals surface area contributed by atoms with Crippen molar-refractivity contribution < 1.29 is 14.3 Å². The largest absolute Gasteiger partial charge is 0.494 e. The number of benzene rings is 1. The first-order valence-electron chi connectivity index (χ1n) is 9.28. The minimum Gasteiger partial charge on any atom is -0.494 e. The molecule has 140 valence electrons. The van der Waals surface area contributed by atoms with Crippen molar-refractivity contribution >= 4 is 32.6 Å². The molecule has 1 amide bonds. The number of hydrogen-bond donors (Lipinski definition) is 0. The van der Waals surface area contributed by atoms with Gasteiger partial charge >= 0.3 is 0 Å². The highest BCUT2D eigenvalue weighted by molar-refractivity contribution is 7.22. The van der Waals surface area contributed by atoms with Crippen molar-refractivity contribution in [1.29, 1.82) is 0 Å². The number of rotatable bonds is 4. The van der Waals surface area contributed by atoms with Crippen LogP contribution in [0.2, 0.25) is 0 Å². The highest BCUT2D eigenvalue weighted by Crippen LogP contribution is 2.35. The Morgan fingerprint density at radius 3 is 2.77 bits per heavy atom. The number of hydrogen-bond acceptors (Lipinski definition) is 6. The Labute approximate surface area is 157 Å². The predicted molar refractivity (Wildman–Crippen MR) is 103 cm³/mol. The van der Waals surface area contributed by atoms with Crippen LogP contribution in [-0.4, -0.2) is 62.3 Å². The fourth-order valence-electron chi connectivity index (χ4n) is 3.73. The summed E-state index contributed by atoms with van der Waals surface area (Å²) in [7, 11) is 1.69. The summed E-state index contributed by atoms with van der Waals surface area (Å²) in [6.45, 7) is 4.75. The van der Waals surface area contributed by atoms with Crippen LogP contribution < -0.4 is 9.64 Å². The molecule has 0 bridgehead atoms. The number of para-hydroxylation sites is 1. The molecule has 0 aliphatic carbocycles. The van der Waals surface area contributed by atoms with Gasteiger partial charge in [-0.25, -0.2) is 4.98 Å². The van der Waals surface area contributed by atoms with Crippen LogP contribution >= 0.6 is 11.3 Å². The molecule has 0 saturated carbocycles. The third-order valence-corrected chi connectivity index (χ3v) is 6.38. The average molecular weight is 375 g/mol. The number of piperidine rings is 1. The zero-order valence-electron chi connectivity index (χ0n) is 15.1. The van der Waals surface area contributed by atoms with E-state index in [1.165, 1.54) is 0 Å². The number of morpholine rings is 1. The van der Waals surface area contributed by atoms with Crippen LogP contribution in [0.4, 0.5) is 5.13 Å². The predicted octanol–water partition coefficient (Wildman–Crippen LogP) is 2.77. The number of carbonyl (C=O) groups is 1. The second-order valence-corrected chi connectivity index (χ2v) is 7.94. The van der Waals surface area contributed by atoms with Crippen molar-refractivity contribution in [3.63, 3.8) is 0 Å². The molecule has 2 saturated heterocycles. The van der Waals surface area contributed by atoms with E-state index >= 15 is 0 Å². The lowest BCUT2D eigenvalue weighted by Crippen LogP contribution is -2.42. The molecule has 3 heterocycles. The minimum atomic E-state index is 0.288. The molecule has 4 rings (SSSR count). The van der Waals surface area contributed by atoms with Crippen molar-refractivity contribution in [3.8, 4) is 5.75 Å². The van der Waals surface area contributed by atoms with Gasteiger partial charge in [-0.1, -0.05) is 17.4 Å². The molecule has 7 heteroatoms. The second kappa shape index (κ2) is 7.80. The molecule has 1 aromatic carbocycles. The standard InChI is InChI=1S/C19H25N3O3S/c1-24-15-3-2-4-16-18(15)20-19(26-16)22-7-5-14(6-8-22)13-17(23)21-9-11-25-12-10-21/h2-4,14H,5-13H2,1H3. The quantitative estimate of drug-likeness (QED) is 0.822. The number of methoxy groups -OCH3 is 1. The van der Waals surface area contributed by atoms with Crippen molar-refractivity contribution in [2.75, 3.05) is 51.4 Å². The Kier molecular flexibility index (Phi) is 5.26. The molecule has 0 atom stereocenters. The van der Waals surface area contributed by atoms with Gasteiger partial charge in [0.05, 0.1) is 25.0 Å². The van der Waals surface area contributed by atoms with Gasteiger partial charge < -0.3 is 19.3 Å². The molecular weight excluding hydrogens is 350 g/mol. The molecule has 2 aliphatic rings. The van der Waals surface area contributed by atoms with E-state index in [1.807, 2.05) is 17.0 Å². The number of aromatic nitrogens is 1. The van der Waals surface area contributed by atoms with Crippen LogP contribution in [0.1, 0.15) is 19.3 Å². The number of thiazole rings is 1. The second-order valence-electron chi connectivity index (χ2n) is 6.93. The van der Waals surface area contributed by atoms with Crippen LogP contribution in [0.3, 0.4) is 0 Å². The van der Waals surface area contributed by atoms with Gasteiger partial charge in [-0.3, -0.25) is 4.79 Å². The summed E-state index contributed by atoms with van der Waals surface area (Å²) in [6, 6.07) is 6.05. The van der Waals surface area contributed by atoms with Crippen molar-refractivity contribution in [3.05, 3.63) is 18.2 Å². The van der Waals surface area contributed by atoms with E-state index < -0.39 is 0 Å². The van der Waals surface area contributed by atoms with E-state index in [9.17, 15) is 4.79 Å². The smallest absolute Gasteiger partial charge is 0.223 e. The minimum absolute atomic E-state index is 0.288. The fraction of sp³-hybridized carbons (Fsp3) is 0.579. The zero-order chi connectivity index (χ0) is 17.9.